The van der Waals surface area contributed by atoms with E-state index in [1.165, 1.54) is 49.5 Å². The number of rotatable bonds is 14. The maximum Gasteiger partial charge on any atom is 0.264 e. The maximum absolute atomic E-state index is 14.6. The van der Waals surface area contributed by atoms with Crippen molar-refractivity contribution in [2.45, 2.75) is 43.8 Å². The molecular weight excluding hydrogens is 706 g/mol. The number of ether oxygens (including phenoxy) is 2. The fourth-order valence-electron chi connectivity index (χ4n) is 5.01. The number of methoxy groups -OCH3 is 2. The number of amides is 2. The number of nitrogens with zero attached hydrogens (tertiary/aromatic N) is 2. The van der Waals surface area contributed by atoms with Gasteiger partial charge in [0.2, 0.25) is 11.8 Å². The molecule has 0 heterocycles. The maximum atomic E-state index is 14.6. The Labute approximate surface area is 289 Å². The number of hydrogen-bond acceptors (Lipinski definition) is 6. The second-order valence-corrected chi connectivity index (χ2v) is 14.2. The van der Waals surface area contributed by atoms with Gasteiger partial charge in [0.25, 0.3) is 10.0 Å². The number of hydrogen-bond donors (Lipinski definition) is 1. The molecule has 47 heavy (non-hydrogen) atoms. The van der Waals surface area contributed by atoms with Gasteiger partial charge in [0.1, 0.15) is 12.6 Å². The molecule has 0 radical (unpaired) electrons. The number of benzene rings is 4. The molecule has 1 unspecified atom stereocenters. The molecule has 2 amide bonds. The minimum atomic E-state index is -4.36. The first-order valence-electron chi connectivity index (χ1n) is 14.8. The molecule has 9 nitrogen and oxygen atoms in total. The van der Waals surface area contributed by atoms with E-state index in [4.69, 9.17) is 21.1 Å². The summed E-state index contributed by atoms with van der Waals surface area (Å²) in [6.07, 6.45) is 0.211. The Bertz CT molecular complexity index is 1790. The molecular formula is C35H37BrClN3O6S. The monoisotopic (exact) mass is 741 g/mol. The first-order chi connectivity index (χ1) is 22.4. The molecule has 0 fully saturated rings. The minimum Gasteiger partial charge on any atom is -0.493 e. The third-order valence-electron chi connectivity index (χ3n) is 7.28. The fraction of sp³-hybridized carbons (Fsp3) is 0.257. The van der Waals surface area contributed by atoms with Crippen molar-refractivity contribution >= 4 is 55.1 Å². The molecule has 0 aliphatic rings. The summed E-state index contributed by atoms with van der Waals surface area (Å²) >= 11 is 9.64. The van der Waals surface area contributed by atoms with Crippen LogP contribution in [0, 0.1) is 0 Å². The molecule has 12 heteroatoms. The lowest BCUT2D eigenvalue weighted by Crippen LogP contribution is -2.54. The van der Waals surface area contributed by atoms with E-state index in [1.54, 1.807) is 12.1 Å². The van der Waals surface area contributed by atoms with Crippen LogP contribution in [0.4, 0.5) is 5.69 Å². The third-order valence-corrected chi connectivity index (χ3v) is 9.80. The fourth-order valence-corrected chi connectivity index (χ4v) is 7.01. The Hall–Kier alpha value is -4.06. The van der Waals surface area contributed by atoms with E-state index in [1.807, 2.05) is 68.4 Å². The lowest BCUT2D eigenvalue weighted by Gasteiger charge is -2.34. The highest BCUT2D eigenvalue weighted by molar-refractivity contribution is 9.10. The van der Waals surface area contributed by atoms with Gasteiger partial charge in [-0.3, -0.25) is 13.9 Å². The highest BCUT2D eigenvalue weighted by Crippen LogP contribution is 2.33. The Morgan fingerprint density at radius 1 is 0.851 bits per heavy atom. The highest BCUT2D eigenvalue weighted by Gasteiger charge is 2.35. The van der Waals surface area contributed by atoms with Crippen molar-refractivity contribution in [3.63, 3.8) is 0 Å². The number of anilines is 1. The summed E-state index contributed by atoms with van der Waals surface area (Å²) in [5, 5.41) is 3.35. The zero-order valence-corrected chi connectivity index (χ0v) is 29.7. The van der Waals surface area contributed by atoms with Crippen molar-refractivity contribution in [1.29, 1.82) is 0 Å². The molecule has 0 saturated carbocycles. The van der Waals surface area contributed by atoms with Crippen LogP contribution in [-0.4, -0.2) is 58.0 Å². The van der Waals surface area contributed by atoms with Crippen LogP contribution in [0.2, 0.25) is 5.02 Å². The van der Waals surface area contributed by atoms with Gasteiger partial charge in [0.05, 0.1) is 24.8 Å². The van der Waals surface area contributed by atoms with Crippen molar-refractivity contribution in [3.8, 4) is 11.5 Å². The summed E-state index contributed by atoms with van der Waals surface area (Å²) in [7, 11) is -1.50. The van der Waals surface area contributed by atoms with E-state index < -0.39 is 28.5 Å². The average molecular weight is 743 g/mol. The molecule has 4 aromatic rings. The highest BCUT2D eigenvalue weighted by atomic mass is 79.9. The lowest BCUT2D eigenvalue weighted by atomic mass is 10.0. The van der Waals surface area contributed by atoms with Crippen molar-refractivity contribution in [2.24, 2.45) is 0 Å². The van der Waals surface area contributed by atoms with Gasteiger partial charge in [0, 0.05) is 34.6 Å². The van der Waals surface area contributed by atoms with E-state index in [0.29, 0.717) is 10.8 Å². The lowest BCUT2D eigenvalue weighted by molar-refractivity contribution is -0.140. The van der Waals surface area contributed by atoms with Gasteiger partial charge in [-0.25, -0.2) is 8.42 Å². The Morgan fingerprint density at radius 3 is 2.13 bits per heavy atom. The zero-order valence-electron chi connectivity index (χ0n) is 26.5. The van der Waals surface area contributed by atoms with Gasteiger partial charge >= 0.3 is 0 Å². The van der Waals surface area contributed by atoms with Gasteiger partial charge in [-0.1, -0.05) is 70.0 Å². The second-order valence-electron chi connectivity index (χ2n) is 11.0. The summed E-state index contributed by atoms with van der Waals surface area (Å²) < 4.78 is 41.1. The van der Waals surface area contributed by atoms with Crippen molar-refractivity contribution in [2.75, 3.05) is 25.1 Å². The predicted molar refractivity (Wildman–Crippen MR) is 187 cm³/mol. The molecule has 0 saturated heterocycles. The van der Waals surface area contributed by atoms with E-state index in [9.17, 15) is 18.0 Å². The topological polar surface area (TPSA) is 105 Å². The first-order valence-corrected chi connectivity index (χ1v) is 17.4. The average Bonchev–Trinajstić information content (AvgIpc) is 3.05. The quantitative estimate of drug-likeness (QED) is 0.159. The van der Waals surface area contributed by atoms with Crippen molar-refractivity contribution in [1.82, 2.24) is 10.2 Å². The van der Waals surface area contributed by atoms with Crippen LogP contribution in [0.5, 0.6) is 11.5 Å². The Balaban J connectivity index is 1.83. The van der Waals surface area contributed by atoms with Gasteiger partial charge in [-0.05, 0) is 73.5 Å². The summed E-state index contributed by atoms with van der Waals surface area (Å²) in [5.74, 6) is -0.377. The largest absolute Gasteiger partial charge is 0.493 e. The standard InChI is InChI=1S/C35H37BrClN3O6S/c1-24(2)38-35(42)31(20-25-9-6-5-7-10-25)39(22-26-11-8-12-27(36)19-26)34(41)23-40(29-15-13-28(37)14-16-29)47(43,44)30-17-18-32(45-3)33(21-30)46-4/h5-19,21,24,31H,20,22-23H2,1-4H3,(H,38,42). The Morgan fingerprint density at radius 2 is 1.51 bits per heavy atom. The molecule has 0 aliphatic heterocycles. The molecule has 0 aliphatic carbocycles. The van der Waals surface area contributed by atoms with Gasteiger partial charge < -0.3 is 19.7 Å². The molecule has 248 valence electrons. The predicted octanol–water partition coefficient (Wildman–Crippen LogP) is 6.48. The second kappa shape index (κ2) is 16.2. The molecule has 4 rings (SSSR count). The van der Waals surface area contributed by atoms with Crippen LogP contribution in [0.25, 0.3) is 0 Å². The SMILES string of the molecule is COc1ccc(S(=O)(=O)N(CC(=O)N(Cc2cccc(Br)c2)C(Cc2ccccc2)C(=O)NC(C)C)c2ccc(Cl)cc2)cc1OC. The van der Waals surface area contributed by atoms with Crippen LogP contribution in [0.3, 0.4) is 0 Å². The molecule has 0 bridgehead atoms. The third kappa shape index (κ3) is 9.27. The normalized spacial score (nSPS) is 11.9. The molecule has 1 N–H and O–H groups in total. The summed E-state index contributed by atoms with van der Waals surface area (Å²) in [5.41, 5.74) is 1.81. The first kappa shape index (κ1) is 35.8. The zero-order chi connectivity index (χ0) is 34.1. The Kier molecular flexibility index (Phi) is 12.3. The van der Waals surface area contributed by atoms with Crippen LogP contribution in [0.15, 0.2) is 106 Å². The van der Waals surface area contributed by atoms with Crippen LogP contribution < -0.4 is 19.1 Å². The van der Waals surface area contributed by atoms with E-state index >= 15 is 0 Å². The van der Waals surface area contributed by atoms with Gasteiger partial charge in [-0.2, -0.15) is 0 Å². The summed E-state index contributed by atoms with van der Waals surface area (Å²) in [6, 6.07) is 26.0. The summed E-state index contributed by atoms with van der Waals surface area (Å²) in [4.78, 5) is 29.7. The molecule has 4 aromatic carbocycles. The van der Waals surface area contributed by atoms with E-state index in [2.05, 4.69) is 21.2 Å². The van der Waals surface area contributed by atoms with Crippen LogP contribution in [-0.2, 0) is 32.6 Å². The van der Waals surface area contributed by atoms with Crippen LogP contribution >= 0.6 is 27.5 Å². The summed E-state index contributed by atoms with van der Waals surface area (Å²) in [6.45, 7) is 3.13. The number of carbonyl (C=O) groups is 2. The number of sulfonamides is 1. The van der Waals surface area contributed by atoms with Gasteiger partial charge in [-0.15, -0.1) is 0 Å². The van der Waals surface area contributed by atoms with Crippen LogP contribution in [0.1, 0.15) is 25.0 Å². The van der Waals surface area contributed by atoms with Crippen molar-refractivity contribution in [3.05, 3.63) is 118 Å². The van der Waals surface area contributed by atoms with Gasteiger partial charge in [0.15, 0.2) is 11.5 Å². The van der Waals surface area contributed by atoms with Crippen molar-refractivity contribution < 1.29 is 27.5 Å². The smallest absolute Gasteiger partial charge is 0.264 e. The molecule has 1 atom stereocenters. The number of nitrogens with one attached hydrogen (secondary N) is 1. The molecule has 0 spiro atoms. The minimum absolute atomic E-state index is 0.0478. The number of halogens is 2. The number of carbonyl (C=O) groups excluding carboxylic acids is 2. The van der Waals surface area contributed by atoms with E-state index in [0.717, 1.165) is 19.9 Å². The molecule has 0 aromatic heterocycles. The van der Waals surface area contributed by atoms with E-state index in [-0.39, 0.29) is 41.2 Å².